The highest BCUT2D eigenvalue weighted by molar-refractivity contribution is 7.87. The van der Waals surface area contributed by atoms with Crippen molar-refractivity contribution in [2.75, 3.05) is 22.1 Å². The number of hydrogen-bond donors (Lipinski definition) is 12. The second-order valence-corrected chi connectivity index (χ2v) is 36.4. The van der Waals surface area contributed by atoms with Crippen molar-refractivity contribution < 1.29 is 81.9 Å². The molecular weight excluding hydrogens is 1710 g/mol. The van der Waals surface area contributed by atoms with Crippen LogP contribution < -0.4 is 22.1 Å². The van der Waals surface area contributed by atoms with Crippen LogP contribution in [0.4, 0.5) is 68.2 Å². The average molecular weight is 1790 g/mol. The Bertz CT molecular complexity index is 7450. The largest absolute Gasteiger partial charge is 0.507 e. The van der Waals surface area contributed by atoms with Crippen molar-refractivity contribution in [1.82, 2.24) is 0 Å². The minimum Gasteiger partial charge on any atom is -0.507 e. The first-order valence-corrected chi connectivity index (χ1v) is 45.0. The number of allylic oxidation sites excluding steroid dienone is 4. The van der Waals surface area contributed by atoms with Gasteiger partial charge in [0, 0.05) is 88.9 Å². The molecular formula is C94H74N12O18S4. The number of hydrogen-bond acceptors (Lipinski definition) is 26. The van der Waals surface area contributed by atoms with Crippen LogP contribution in [0.2, 0.25) is 0 Å². The number of nitrogens with zero attached hydrogens (tertiary/aromatic N) is 8. The number of carbonyl (C=O) groups excluding carboxylic acids is 2. The Hall–Kier alpha value is -15.1. The van der Waals surface area contributed by atoms with Gasteiger partial charge in [-0.05, 0) is 143 Å². The number of aryl methyl sites for hydroxylation is 2. The monoisotopic (exact) mass is 1790 g/mol. The van der Waals surface area contributed by atoms with Gasteiger partial charge in [-0.1, -0.05) is 185 Å². The molecule has 14 N–H and O–H groups in total. The fourth-order valence-electron chi connectivity index (χ4n) is 16.1. The molecule has 2 aliphatic rings. The molecule has 2 aliphatic carbocycles. The maximum atomic E-state index is 15.1. The summed E-state index contributed by atoms with van der Waals surface area (Å²) in [5.41, 5.74) is 17.1. The molecule has 34 heteroatoms. The van der Waals surface area contributed by atoms with Gasteiger partial charge in [-0.15, -0.1) is 20.5 Å². The molecule has 0 heterocycles. The summed E-state index contributed by atoms with van der Waals surface area (Å²) in [6.45, 7) is 10.2. The number of aliphatic hydroxyl groups is 2. The van der Waals surface area contributed by atoms with Crippen LogP contribution in [0.5, 0.6) is 11.5 Å². The number of azo groups is 4. The minimum atomic E-state index is -5.00. The lowest BCUT2D eigenvalue weighted by Crippen LogP contribution is -2.20. The first kappa shape index (κ1) is 86.4. The third kappa shape index (κ3) is 16.3. The van der Waals surface area contributed by atoms with Gasteiger partial charge in [0.05, 0.1) is 56.6 Å². The molecule has 0 saturated heterocycles. The SMILES string of the molecule is Cc1cc2c(c(O)c1-c1c(C)cc3c(c1O)/C(=C/Nc1c(N=Nc4ccc(-c5ccc(N=Nc6cc(S(=O)(=O)O)c7ccccc7c6N)cc5)cc4)cc(S(=O)(=O)O)c4ccccc14)C(=O)C(O)=C3C(C)C)/C(=C/Nc1c(N=Nc3ccc(-c4ccc(N=Nc5cc(S(=O)(=O)O)c6ccccc6c5N)cc4)cc3)cc(S(=O)(=O)O)c3ccccc13)C(=O)C(O)=C2C(C)C. The van der Waals surface area contributed by atoms with Crippen molar-refractivity contribution >= 4 is 186 Å². The molecule has 0 unspecified atom stereocenters. The topological polar surface area (TPSA) is 508 Å². The molecule has 0 spiro atoms. The van der Waals surface area contributed by atoms with E-state index in [-0.39, 0.29) is 155 Å². The van der Waals surface area contributed by atoms with E-state index in [0.717, 1.165) is 35.4 Å². The Morgan fingerprint density at radius 1 is 0.320 bits per heavy atom. The van der Waals surface area contributed by atoms with Gasteiger partial charge in [0.25, 0.3) is 40.5 Å². The standard InChI is InChI=1S/C94H74N12O18S4/c1-47(2)79-67-39-49(5)81(91(109)83(67)69(89(107)93(79)111)45-97-87-65-21-13-9-17-61(65)77(127(119,120)121)43-73(87)105-101-57-35-27-53(28-36-57)51-23-31-55(32-24-51)99-103-71-41-75(125(113,114)115)59-15-7-11-19-63(59)85(71)95)82-50(6)40-68-80(48(3)4)94(112)90(108)70(84(68)92(82)110)46-98-88-66-22-14-10-18-62(66)78(128(122,123)124)44-74(88)106-102-58-37-29-54(30-38-58)52-25-33-56(34-26-52)100-104-72-42-76(126(116,117)118)60-16-8-12-20-64(60)86(72)96/h7-48,97-98,109-112H,95-96H2,1-6H3,(H,113,114,115)(H,116,117,118)(H,119,120,121)(H,122,123,124)/b69-45-,70-46-,103-99?,104-100?,105-101?,106-102?. The first-order chi connectivity index (χ1) is 60.8. The van der Waals surface area contributed by atoms with E-state index in [1.54, 1.807) is 199 Å². The Morgan fingerprint density at radius 2 is 0.562 bits per heavy atom. The average Bonchev–Trinajstić information content (AvgIpc) is 0.715. The van der Waals surface area contributed by atoms with Crippen molar-refractivity contribution in [3.8, 4) is 44.9 Å². The zero-order valence-corrected chi connectivity index (χ0v) is 71.5. The van der Waals surface area contributed by atoms with Crippen LogP contribution in [0.15, 0.2) is 315 Å². The van der Waals surface area contributed by atoms with Crippen LogP contribution in [0, 0.1) is 25.7 Å². The predicted molar refractivity (Wildman–Crippen MR) is 491 cm³/mol. The summed E-state index contributed by atoms with van der Waals surface area (Å²) in [6, 6.07) is 59.7. The zero-order valence-electron chi connectivity index (χ0n) is 68.3. The van der Waals surface area contributed by atoms with E-state index >= 15 is 9.59 Å². The number of aromatic hydroxyl groups is 2. The predicted octanol–water partition coefficient (Wildman–Crippen LogP) is 23.1. The van der Waals surface area contributed by atoms with Crippen LogP contribution in [0.25, 0.3) is 98.8 Å². The highest BCUT2D eigenvalue weighted by atomic mass is 32.2. The molecule has 0 amide bonds. The molecule has 642 valence electrons. The van der Waals surface area contributed by atoms with Gasteiger partial charge in [-0.2, -0.15) is 54.1 Å². The lowest BCUT2D eigenvalue weighted by molar-refractivity contribution is -0.113. The Balaban J connectivity index is 0.733. The van der Waals surface area contributed by atoms with Crippen molar-refractivity contribution in [2.45, 2.75) is 61.1 Å². The lowest BCUT2D eigenvalue weighted by atomic mass is 9.75. The van der Waals surface area contributed by atoms with Crippen molar-refractivity contribution in [1.29, 1.82) is 0 Å². The molecule has 0 atom stereocenters. The maximum Gasteiger partial charge on any atom is 0.295 e. The third-order valence-electron chi connectivity index (χ3n) is 22.0. The number of nitrogens with one attached hydrogen (secondary N) is 2. The molecule has 14 aromatic carbocycles. The first-order valence-electron chi connectivity index (χ1n) is 39.2. The number of carbonyl (C=O) groups is 2. The van der Waals surface area contributed by atoms with Gasteiger partial charge in [-0.25, -0.2) is 0 Å². The normalized spacial score (nSPS) is 14.3. The molecule has 0 aliphatic heterocycles. The third-order valence-corrected chi connectivity index (χ3v) is 25.6. The summed E-state index contributed by atoms with van der Waals surface area (Å²) in [6.07, 6.45) is 2.37. The summed E-state index contributed by atoms with van der Waals surface area (Å²) in [5.74, 6) is -5.64. The lowest BCUT2D eigenvalue weighted by Gasteiger charge is -2.29. The van der Waals surface area contributed by atoms with Gasteiger partial charge in [0.15, 0.2) is 11.5 Å². The summed E-state index contributed by atoms with van der Waals surface area (Å²) < 4.78 is 144. The molecule has 0 bridgehead atoms. The van der Waals surface area contributed by atoms with E-state index < -0.39 is 96.7 Å². The smallest absolute Gasteiger partial charge is 0.295 e. The zero-order chi connectivity index (χ0) is 91.1. The van der Waals surface area contributed by atoms with E-state index in [1.807, 2.05) is 0 Å². The number of ketones is 2. The van der Waals surface area contributed by atoms with Crippen molar-refractivity contribution in [2.24, 2.45) is 52.7 Å². The number of aliphatic hydroxyl groups excluding tert-OH is 2. The number of Topliss-reactive ketones (excluding diaryl/α,β-unsaturated/α-hetero) is 2. The molecule has 0 saturated carbocycles. The summed E-state index contributed by atoms with van der Waals surface area (Å²) in [4.78, 5) is 28.4. The van der Waals surface area contributed by atoms with Crippen molar-refractivity contribution in [3.63, 3.8) is 0 Å². The van der Waals surface area contributed by atoms with Crippen molar-refractivity contribution in [3.05, 3.63) is 288 Å². The number of fused-ring (bicyclic) bond motifs is 6. The second kappa shape index (κ2) is 33.4. The van der Waals surface area contributed by atoms with Gasteiger partial charge >= 0.3 is 0 Å². The maximum absolute atomic E-state index is 15.1. The number of phenols is 2. The molecule has 14 aromatic rings. The van der Waals surface area contributed by atoms with Crippen LogP contribution in [-0.2, 0) is 50.1 Å². The Labute approximate surface area is 731 Å². The number of nitrogen functional groups attached to an aromatic ring is 2. The summed E-state index contributed by atoms with van der Waals surface area (Å²) >= 11 is 0. The summed E-state index contributed by atoms with van der Waals surface area (Å²) in [5, 5.41) is 93.3. The molecule has 16 rings (SSSR count). The number of nitrogens with two attached hydrogens (primary N) is 2. The second-order valence-electron chi connectivity index (χ2n) is 30.8. The van der Waals surface area contributed by atoms with E-state index in [2.05, 4.69) is 51.5 Å². The van der Waals surface area contributed by atoms with E-state index in [4.69, 9.17) is 11.5 Å². The van der Waals surface area contributed by atoms with Crippen LogP contribution in [0.1, 0.15) is 61.1 Å². The minimum absolute atomic E-state index is 0.0102. The molecule has 0 fully saturated rings. The quantitative estimate of drug-likeness (QED) is 0.0138. The van der Waals surface area contributed by atoms with Crippen LogP contribution >= 0.6 is 0 Å². The van der Waals surface area contributed by atoms with Crippen LogP contribution in [0.3, 0.4) is 0 Å². The van der Waals surface area contributed by atoms with E-state index in [1.165, 1.54) is 60.9 Å². The fourth-order valence-corrected chi connectivity index (χ4v) is 18.9. The highest BCUT2D eigenvalue weighted by Gasteiger charge is 2.40. The van der Waals surface area contributed by atoms with Gasteiger partial charge in [0.2, 0.25) is 11.6 Å². The highest BCUT2D eigenvalue weighted by Crippen LogP contribution is 2.55. The van der Waals surface area contributed by atoms with Gasteiger partial charge in [-0.3, -0.25) is 27.8 Å². The molecule has 128 heavy (non-hydrogen) atoms. The fraction of sp³-hybridized carbons (Fsp3) is 0.0851. The van der Waals surface area contributed by atoms with Crippen LogP contribution in [-0.4, -0.2) is 83.9 Å². The summed E-state index contributed by atoms with van der Waals surface area (Å²) in [7, 11) is -19.3. The van der Waals surface area contributed by atoms with Gasteiger partial charge < -0.3 is 42.5 Å². The number of anilines is 4. The number of rotatable bonds is 21. The van der Waals surface area contributed by atoms with E-state index in [0.29, 0.717) is 44.4 Å². The number of phenolic OH excluding ortho intramolecular Hbond substituents is 2. The molecule has 0 radical (unpaired) electrons. The van der Waals surface area contributed by atoms with Gasteiger partial charge in [0.1, 0.15) is 53.8 Å². The Kier molecular flexibility index (Phi) is 22.5. The number of benzene rings is 14. The molecule has 30 nitrogen and oxygen atoms in total. The van der Waals surface area contributed by atoms with E-state index in [9.17, 15) is 72.3 Å². The molecule has 0 aromatic heterocycles. The Morgan fingerprint density at radius 3 is 0.828 bits per heavy atom.